The molecule has 0 atom stereocenters. The zero-order valence-corrected chi connectivity index (χ0v) is 10.5. The van der Waals surface area contributed by atoms with E-state index in [1.807, 2.05) is 17.8 Å². The van der Waals surface area contributed by atoms with E-state index in [0.29, 0.717) is 13.0 Å². The third kappa shape index (κ3) is 2.41. The standard InChI is InChI=1S/C13H21N3O/c1-16-8-7-15-12(16)9-11(17)13(10-14)5-3-2-4-6-13/h7-8H,2-6,9-10,14H2,1H3. The van der Waals surface area contributed by atoms with Crippen molar-refractivity contribution in [3.8, 4) is 0 Å². The van der Waals surface area contributed by atoms with Gasteiger partial charge >= 0.3 is 0 Å². The van der Waals surface area contributed by atoms with Crippen LogP contribution in [0, 0.1) is 5.41 Å². The maximum absolute atomic E-state index is 12.4. The molecule has 1 saturated carbocycles. The van der Waals surface area contributed by atoms with Gasteiger partial charge in [0, 0.05) is 31.4 Å². The van der Waals surface area contributed by atoms with E-state index in [4.69, 9.17) is 5.73 Å². The SMILES string of the molecule is Cn1ccnc1CC(=O)C1(CN)CCCCC1. The minimum absolute atomic E-state index is 0.272. The zero-order chi connectivity index (χ0) is 12.3. The highest BCUT2D eigenvalue weighted by atomic mass is 16.1. The van der Waals surface area contributed by atoms with Crippen molar-refractivity contribution >= 4 is 5.78 Å². The molecular weight excluding hydrogens is 214 g/mol. The van der Waals surface area contributed by atoms with E-state index in [1.54, 1.807) is 6.20 Å². The van der Waals surface area contributed by atoms with Crippen LogP contribution in [0.4, 0.5) is 0 Å². The molecule has 2 N–H and O–H groups in total. The van der Waals surface area contributed by atoms with Crippen LogP contribution < -0.4 is 5.73 Å². The van der Waals surface area contributed by atoms with Gasteiger partial charge in [0.15, 0.2) is 0 Å². The average Bonchev–Trinajstić information content (AvgIpc) is 2.76. The molecule has 0 amide bonds. The Morgan fingerprint density at radius 2 is 2.18 bits per heavy atom. The number of hydrogen-bond acceptors (Lipinski definition) is 3. The van der Waals surface area contributed by atoms with Crippen molar-refractivity contribution in [2.75, 3.05) is 6.54 Å². The normalized spacial score (nSPS) is 19.2. The number of aryl methyl sites for hydroxylation is 1. The maximum atomic E-state index is 12.4. The molecule has 0 bridgehead atoms. The summed E-state index contributed by atoms with van der Waals surface area (Å²) in [5.74, 6) is 1.11. The van der Waals surface area contributed by atoms with E-state index < -0.39 is 0 Å². The molecule has 1 aliphatic carbocycles. The summed E-state index contributed by atoms with van der Waals surface area (Å²) in [6, 6.07) is 0. The van der Waals surface area contributed by atoms with Crippen molar-refractivity contribution in [2.45, 2.75) is 38.5 Å². The number of imidazole rings is 1. The number of Topliss-reactive ketones (excluding diaryl/α,β-unsaturated/α-hetero) is 1. The number of nitrogens with two attached hydrogens (primary N) is 1. The number of carbonyl (C=O) groups excluding carboxylic acids is 1. The number of nitrogens with zero attached hydrogens (tertiary/aromatic N) is 2. The summed E-state index contributed by atoms with van der Waals surface area (Å²) in [7, 11) is 1.92. The second-order valence-electron chi connectivity index (χ2n) is 5.10. The molecule has 2 rings (SSSR count). The van der Waals surface area contributed by atoms with Crippen molar-refractivity contribution in [1.29, 1.82) is 0 Å². The molecule has 0 aliphatic heterocycles. The van der Waals surface area contributed by atoms with Crippen LogP contribution in [0.2, 0.25) is 0 Å². The monoisotopic (exact) mass is 235 g/mol. The van der Waals surface area contributed by atoms with Crippen LogP contribution in [0.3, 0.4) is 0 Å². The quantitative estimate of drug-likeness (QED) is 0.859. The first-order valence-corrected chi connectivity index (χ1v) is 6.37. The van der Waals surface area contributed by atoms with E-state index in [9.17, 15) is 4.79 Å². The van der Waals surface area contributed by atoms with E-state index in [-0.39, 0.29) is 11.2 Å². The highest BCUT2D eigenvalue weighted by molar-refractivity contribution is 5.86. The summed E-state index contributed by atoms with van der Waals surface area (Å²) in [5.41, 5.74) is 5.58. The van der Waals surface area contributed by atoms with Gasteiger partial charge in [-0.15, -0.1) is 0 Å². The minimum Gasteiger partial charge on any atom is -0.338 e. The minimum atomic E-state index is -0.274. The lowest BCUT2D eigenvalue weighted by Crippen LogP contribution is -2.41. The van der Waals surface area contributed by atoms with Crippen molar-refractivity contribution in [2.24, 2.45) is 18.2 Å². The van der Waals surface area contributed by atoms with Gasteiger partial charge in [0.05, 0.1) is 6.42 Å². The maximum Gasteiger partial charge on any atom is 0.147 e. The topological polar surface area (TPSA) is 60.9 Å². The molecule has 0 unspecified atom stereocenters. The Balaban J connectivity index is 2.10. The lowest BCUT2D eigenvalue weighted by molar-refractivity contribution is -0.129. The molecule has 17 heavy (non-hydrogen) atoms. The van der Waals surface area contributed by atoms with Gasteiger partial charge in [0.1, 0.15) is 11.6 Å². The molecule has 0 radical (unpaired) electrons. The van der Waals surface area contributed by atoms with Crippen molar-refractivity contribution in [1.82, 2.24) is 9.55 Å². The van der Waals surface area contributed by atoms with E-state index >= 15 is 0 Å². The molecule has 4 nitrogen and oxygen atoms in total. The van der Waals surface area contributed by atoms with Crippen LogP contribution in [0.15, 0.2) is 12.4 Å². The first-order chi connectivity index (χ1) is 8.18. The summed E-state index contributed by atoms with van der Waals surface area (Å²) in [6.07, 6.45) is 9.42. The first-order valence-electron chi connectivity index (χ1n) is 6.37. The smallest absolute Gasteiger partial charge is 0.147 e. The molecule has 0 spiro atoms. The van der Waals surface area contributed by atoms with Crippen molar-refractivity contribution in [3.05, 3.63) is 18.2 Å². The number of rotatable bonds is 4. The Morgan fingerprint density at radius 3 is 2.71 bits per heavy atom. The fraction of sp³-hybridized carbons (Fsp3) is 0.692. The van der Waals surface area contributed by atoms with Crippen LogP contribution in [0.5, 0.6) is 0 Å². The Hall–Kier alpha value is -1.16. The van der Waals surface area contributed by atoms with Gasteiger partial charge in [-0.1, -0.05) is 19.3 Å². The molecule has 94 valence electrons. The first kappa shape index (κ1) is 12.3. The molecular formula is C13H21N3O. The molecule has 1 aromatic rings. The second-order valence-corrected chi connectivity index (χ2v) is 5.10. The van der Waals surface area contributed by atoms with Gasteiger partial charge in [-0.3, -0.25) is 4.79 Å². The highest BCUT2D eigenvalue weighted by Gasteiger charge is 2.37. The van der Waals surface area contributed by atoms with Crippen LogP contribution in [-0.4, -0.2) is 21.9 Å². The van der Waals surface area contributed by atoms with Gasteiger partial charge in [-0.2, -0.15) is 0 Å². The summed E-state index contributed by atoms with van der Waals surface area (Å²) in [5, 5.41) is 0. The molecule has 0 aromatic carbocycles. The molecule has 4 heteroatoms. The number of hydrogen-bond donors (Lipinski definition) is 1. The second kappa shape index (κ2) is 5.00. The summed E-state index contributed by atoms with van der Waals surface area (Å²) < 4.78 is 1.91. The predicted molar refractivity (Wildman–Crippen MR) is 66.5 cm³/mol. The number of carbonyl (C=O) groups is 1. The van der Waals surface area contributed by atoms with Gasteiger partial charge in [-0.05, 0) is 12.8 Å². The van der Waals surface area contributed by atoms with Gasteiger partial charge in [0.25, 0.3) is 0 Å². The van der Waals surface area contributed by atoms with Crippen LogP contribution in [-0.2, 0) is 18.3 Å². The average molecular weight is 235 g/mol. The van der Waals surface area contributed by atoms with Crippen molar-refractivity contribution in [3.63, 3.8) is 0 Å². The van der Waals surface area contributed by atoms with Crippen LogP contribution in [0.25, 0.3) is 0 Å². The molecule has 1 aromatic heterocycles. The van der Waals surface area contributed by atoms with Crippen LogP contribution in [0.1, 0.15) is 37.9 Å². The highest BCUT2D eigenvalue weighted by Crippen LogP contribution is 2.36. The Labute approximate surface area is 102 Å². The number of ketones is 1. The van der Waals surface area contributed by atoms with E-state index in [0.717, 1.165) is 31.5 Å². The lowest BCUT2D eigenvalue weighted by atomic mass is 9.70. The Kier molecular flexibility index (Phi) is 3.62. The van der Waals surface area contributed by atoms with Crippen molar-refractivity contribution < 1.29 is 4.79 Å². The fourth-order valence-electron chi connectivity index (χ4n) is 2.72. The zero-order valence-electron chi connectivity index (χ0n) is 10.5. The third-order valence-electron chi connectivity index (χ3n) is 4.03. The summed E-state index contributed by atoms with van der Waals surface area (Å²) >= 11 is 0. The van der Waals surface area contributed by atoms with E-state index in [1.165, 1.54) is 6.42 Å². The molecule has 1 aliphatic rings. The lowest BCUT2D eigenvalue weighted by Gasteiger charge is -2.34. The fourth-order valence-corrected chi connectivity index (χ4v) is 2.72. The van der Waals surface area contributed by atoms with Gasteiger partial charge < -0.3 is 10.3 Å². The molecule has 0 saturated heterocycles. The largest absolute Gasteiger partial charge is 0.338 e. The third-order valence-corrected chi connectivity index (χ3v) is 4.03. The Bertz CT molecular complexity index is 391. The van der Waals surface area contributed by atoms with Gasteiger partial charge in [0.2, 0.25) is 0 Å². The predicted octanol–water partition coefficient (Wildman–Crippen LogP) is 1.44. The summed E-state index contributed by atoms with van der Waals surface area (Å²) in [4.78, 5) is 16.7. The van der Waals surface area contributed by atoms with Gasteiger partial charge in [-0.25, -0.2) is 4.98 Å². The van der Waals surface area contributed by atoms with Crippen LogP contribution >= 0.6 is 0 Å². The Morgan fingerprint density at radius 1 is 1.47 bits per heavy atom. The molecule has 1 fully saturated rings. The summed E-state index contributed by atoms with van der Waals surface area (Å²) in [6.45, 7) is 0.482. The number of aromatic nitrogens is 2. The molecule has 1 heterocycles. The van der Waals surface area contributed by atoms with E-state index in [2.05, 4.69) is 4.98 Å².